The highest BCUT2D eigenvalue weighted by Gasteiger charge is 2.39. The molecule has 0 saturated carbocycles. The smallest absolute Gasteiger partial charge is 0.340 e. The summed E-state index contributed by atoms with van der Waals surface area (Å²) in [5.74, 6) is -0.358. The number of aromatic carboxylic acids is 1. The molecule has 1 aromatic heterocycles. The summed E-state index contributed by atoms with van der Waals surface area (Å²) >= 11 is 1.23. The molecular formula is C16H15N3O4S. The molecule has 0 fully saturated rings. The highest BCUT2D eigenvalue weighted by Crippen LogP contribution is 2.37. The van der Waals surface area contributed by atoms with Gasteiger partial charge in [-0.25, -0.2) is 14.8 Å². The van der Waals surface area contributed by atoms with Crippen molar-refractivity contribution in [2.45, 2.75) is 24.5 Å². The number of carboxylic acid groups (broad SMARTS) is 1. The van der Waals surface area contributed by atoms with Gasteiger partial charge in [-0.1, -0.05) is 0 Å². The molecule has 2 N–H and O–H groups in total. The Kier molecular flexibility index (Phi) is 3.92. The van der Waals surface area contributed by atoms with E-state index in [1.54, 1.807) is 38.3 Å². The van der Waals surface area contributed by atoms with Gasteiger partial charge in [0.25, 0.3) is 0 Å². The van der Waals surface area contributed by atoms with E-state index in [4.69, 9.17) is 9.84 Å². The number of hydrogen-bond donors (Lipinski definition) is 2. The molecule has 3 rings (SSSR count). The van der Waals surface area contributed by atoms with E-state index in [1.807, 2.05) is 0 Å². The molecule has 0 atom stereocenters. The van der Waals surface area contributed by atoms with Crippen LogP contribution in [0.4, 0.5) is 11.6 Å². The van der Waals surface area contributed by atoms with Crippen molar-refractivity contribution < 1.29 is 19.4 Å². The number of rotatable bonds is 4. The number of anilines is 2. The molecule has 0 unspecified atom stereocenters. The standard InChI is InChI=1S/C16H15N3O4S/c1-16(2)12(20)9-5-4-8(6-11(9)23-16)18-15-17-7-10(14(21)22)13(19-15)24-3/h4-7H,1-3H3,(H,21,22)(H,17,18,19). The Balaban J connectivity index is 1.88. The zero-order chi connectivity index (χ0) is 17.5. The minimum atomic E-state index is -1.07. The normalized spacial score (nSPS) is 14.9. The summed E-state index contributed by atoms with van der Waals surface area (Å²) in [6.07, 6.45) is 3.01. The summed E-state index contributed by atoms with van der Waals surface area (Å²) in [6.45, 7) is 3.45. The van der Waals surface area contributed by atoms with E-state index in [2.05, 4.69) is 15.3 Å². The van der Waals surface area contributed by atoms with Gasteiger partial charge in [-0.15, -0.1) is 11.8 Å². The van der Waals surface area contributed by atoms with Gasteiger partial charge in [-0.2, -0.15) is 0 Å². The van der Waals surface area contributed by atoms with Gasteiger partial charge in [-0.3, -0.25) is 4.79 Å². The van der Waals surface area contributed by atoms with Crippen LogP contribution in [-0.2, 0) is 0 Å². The molecule has 1 aliphatic rings. The van der Waals surface area contributed by atoms with Gasteiger partial charge in [0.15, 0.2) is 5.60 Å². The lowest BCUT2D eigenvalue weighted by molar-refractivity contribution is 0.0681. The van der Waals surface area contributed by atoms with Gasteiger partial charge >= 0.3 is 5.97 Å². The molecule has 0 amide bonds. The van der Waals surface area contributed by atoms with Gasteiger partial charge in [0.05, 0.1) is 5.56 Å². The minimum absolute atomic E-state index is 0.0534. The maximum atomic E-state index is 12.1. The molecule has 24 heavy (non-hydrogen) atoms. The Bertz CT molecular complexity index is 851. The number of carboxylic acids is 1. The predicted octanol–water partition coefficient (Wildman–Crippen LogP) is 2.99. The van der Waals surface area contributed by atoms with Crippen molar-refractivity contribution in [3.63, 3.8) is 0 Å². The molecule has 0 spiro atoms. The molecule has 0 aliphatic carbocycles. The van der Waals surface area contributed by atoms with E-state index in [1.165, 1.54) is 18.0 Å². The summed E-state index contributed by atoms with van der Waals surface area (Å²) in [6, 6.07) is 5.12. The first-order valence-corrected chi connectivity index (χ1v) is 8.33. The molecular weight excluding hydrogens is 330 g/mol. The number of benzene rings is 1. The molecule has 2 heterocycles. The molecule has 7 nitrogen and oxygen atoms in total. The number of Topliss-reactive ketones (excluding diaryl/α,β-unsaturated/α-hetero) is 1. The lowest BCUT2D eigenvalue weighted by Crippen LogP contribution is -2.31. The molecule has 8 heteroatoms. The fraction of sp³-hybridized carbons (Fsp3) is 0.250. The van der Waals surface area contributed by atoms with Crippen molar-refractivity contribution in [2.75, 3.05) is 11.6 Å². The Labute approximate surface area is 142 Å². The van der Waals surface area contributed by atoms with Crippen LogP contribution in [0.3, 0.4) is 0 Å². The molecule has 0 bridgehead atoms. The van der Waals surface area contributed by atoms with Crippen molar-refractivity contribution in [1.82, 2.24) is 9.97 Å². The Morgan fingerprint density at radius 2 is 2.12 bits per heavy atom. The lowest BCUT2D eigenvalue weighted by Gasteiger charge is -2.15. The summed E-state index contributed by atoms with van der Waals surface area (Å²) in [5, 5.41) is 12.5. The van der Waals surface area contributed by atoms with Crippen molar-refractivity contribution in [1.29, 1.82) is 0 Å². The molecule has 2 aromatic rings. The largest absolute Gasteiger partial charge is 0.479 e. The average Bonchev–Trinajstić information content (AvgIpc) is 2.76. The Morgan fingerprint density at radius 3 is 2.79 bits per heavy atom. The second-order valence-electron chi connectivity index (χ2n) is 5.70. The number of carbonyl (C=O) groups excluding carboxylic acids is 1. The molecule has 124 valence electrons. The van der Waals surface area contributed by atoms with Crippen LogP contribution in [0.2, 0.25) is 0 Å². The van der Waals surface area contributed by atoms with Crippen molar-refractivity contribution in [3.05, 3.63) is 35.5 Å². The van der Waals surface area contributed by atoms with E-state index in [0.717, 1.165) is 0 Å². The average molecular weight is 345 g/mol. The maximum Gasteiger partial charge on any atom is 0.340 e. The van der Waals surface area contributed by atoms with Crippen LogP contribution < -0.4 is 10.1 Å². The highest BCUT2D eigenvalue weighted by atomic mass is 32.2. The Morgan fingerprint density at radius 1 is 1.38 bits per heavy atom. The SMILES string of the molecule is CSc1nc(Nc2ccc3c(c2)OC(C)(C)C3=O)ncc1C(=O)O. The second-order valence-corrected chi connectivity index (χ2v) is 6.49. The van der Waals surface area contributed by atoms with E-state index >= 15 is 0 Å². The summed E-state index contributed by atoms with van der Waals surface area (Å²) < 4.78 is 5.67. The highest BCUT2D eigenvalue weighted by molar-refractivity contribution is 7.98. The van der Waals surface area contributed by atoms with Crippen LogP contribution in [-0.4, -0.2) is 38.7 Å². The third-order valence-electron chi connectivity index (χ3n) is 3.57. The molecule has 1 aromatic carbocycles. The monoisotopic (exact) mass is 345 g/mol. The summed E-state index contributed by atoms with van der Waals surface area (Å²) in [4.78, 5) is 31.5. The van der Waals surface area contributed by atoms with E-state index < -0.39 is 11.6 Å². The summed E-state index contributed by atoms with van der Waals surface area (Å²) in [5.41, 5.74) is 0.372. The number of fused-ring (bicyclic) bond motifs is 1. The quantitative estimate of drug-likeness (QED) is 0.644. The fourth-order valence-electron chi connectivity index (χ4n) is 2.38. The van der Waals surface area contributed by atoms with Crippen molar-refractivity contribution in [3.8, 4) is 5.75 Å². The third kappa shape index (κ3) is 2.80. The maximum absolute atomic E-state index is 12.1. The number of nitrogens with one attached hydrogen (secondary N) is 1. The van der Waals surface area contributed by atoms with Crippen LogP contribution in [0.25, 0.3) is 0 Å². The van der Waals surface area contributed by atoms with Gasteiger partial charge < -0.3 is 15.2 Å². The number of nitrogens with zero attached hydrogens (tertiary/aromatic N) is 2. The first-order chi connectivity index (χ1) is 11.3. The molecule has 1 aliphatic heterocycles. The van der Waals surface area contributed by atoms with E-state index in [0.29, 0.717) is 22.0 Å². The van der Waals surface area contributed by atoms with Crippen LogP contribution in [0, 0.1) is 0 Å². The zero-order valence-corrected chi connectivity index (χ0v) is 14.1. The van der Waals surface area contributed by atoms with Gasteiger partial charge in [-0.05, 0) is 32.2 Å². The first-order valence-electron chi connectivity index (χ1n) is 7.11. The number of carbonyl (C=O) groups is 2. The van der Waals surface area contributed by atoms with Gasteiger partial charge in [0.1, 0.15) is 16.3 Å². The van der Waals surface area contributed by atoms with E-state index in [9.17, 15) is 9.59 Å². The van der Waals surface area contributed by atoms with Gasteiger partial charge in [0, 0.05) is 18.0 Å². The minimum Gasteiger partial charge on any atom is -0.479 e. The number of ketones is 1. The van der Waals surface area contributed by atoms with Crippen LogP contribution in [0.1, 0.15) is 34.6 Å². The van der Waals surface area contributed by atoms with Crippen LogP contribution in [0.5, 0.6) is 5.75 Å². The zero-order valence-electron chi connectivity index (χ0n) is 13.3. The lowest BCUT2D eigenvalue weighted by atomic mass is 10.00. The number of aromatic nitrogens is 2. The van der Waals surface area contributed by atoms with Crippen LogP contribution >= 0.6 is 11.8 Å². The van der Waals surface area contributed by atoms with Crippen molar-refractivity contribution in [2.24, 2.45) is 0 Å². The van der Waals surface area contributed by atoms with Crippen LogP contribution in [0.15, 0.2) is 29.4 Å². The summed E-state index contributed by atoms with van der Waals surface area (Å²) in [7, 11) is 0. The topological polar surface area (TPSA) is 101 Å². The number of thioether (sulfide) groups is 1. The number of ether oxygens (including phenoxy) is 1. The number of hydrogen-bond acceptors (Lipinski definition) is 7. The van der Waals surface area contributed by atoms with E-state index in [-0.39, 0.29) is 17.3 Å². The molecule has 0 saturated heterocycles. The fourth-order valence-corrected chi connectivity index (χ4v) is 2.91. The van der Waals surface area contributed by atoms with Crippen molar-refractivity contribution >= 4 is 35.2 Å². The second kappa shape index (κ2) is 5.79. The predicted molar refractivity (Wildman–Crippen MR) is 89.5 cm³/mol. The Hall–Kier alpha value is -2.61. The molecule has 0 radical (unpaired) electrons. The van der Waals surface area contributed by atoms with Gasteiger partial charge in [0.2, 0.25) is 11.7 Å². The third-order valence-corrected chi connectivity index (χ3v) is 4.27. The first kappa shape index (κ1) is 16.3.